The van der Waals surface area contributed by atoms with Gasteiger partial charge in [-0.05, 0) is 12.1 Å². The second kappa shape index (κ2) is 5.65. The minimum atomic E-state index is 0.348. The van der Waals surface area contributed by atoms with Crippen LogP contribution in [0.1, 0.15) is 0 Å². The van der Waals surface area contributed by atoms with Gasteiger partial charge in [-0.3, -0.25) is 0 Å². The summed E-state index contributed by atoms with van der Waals surface area (Å²) in [4.78, 5) is 0. The van der Waals surface area contributed by atoms with Gasteiger partial charge in [-0.15, -0.1) is 0 Å². The summed E-state index contributed by atoms with van der Waals surface area (Å²) in [6.45, 7) is 0. The summed E-state index contributed by atoms with van der Waals surface area (Å²) in [5.74, 6) is 0.348. The number of aromatic hydroxyl groups is 1. The van der Waals surface area contributed by atoms with Crippen molar-refractivity contribution in [1.29, 1.82) is 0 Å². The summed E-state index contributed by atoms with van der Waals surface area (Å²) in [7, 11) is 4.17. The highest BCUT2D eigenvalue weighted by Gasteiger charge is 2.23. The van der Waals surface area contributed by atoms with E-state index < -0.39 is 0 Å². The summed E-state index contributed by atoms with van der Waals surface area (Å²) < 4.78 is 4.39. The molecule has 6 aromatic rings. The number of nitrogens with zero attached hydrogens (tertiary/aromatic N) is 2. The van der Waals surface area contributed by atoms with E-state index in [1.165, 1.54) is 5.52 Å². The van der Waals surface area contributed by atoms with Gasteiger partial charge in [-0.1, -0.05) is 60.7 Å². The van der Waals surface area contributed by atoms with Crippen LogP contribution in [-0.4, -0.2) is 14.2 Å². The number of aryl methyl sites for hydroxylation is 2. The topological polar surface area (TPSA) is 30.1 Å². The zero-order chi connectivity index (χ0) is 19.7. The van der Waals surface area contributed by atoms with Crippen molar-refractivity contribution < 1.29 is 5.11 Å². The van der Waals surface area contributed by atoms with E-state index in [1.807, 2.05) is 18.2 Å². The van der Waals surface area contributed by atoms with Crippen LogP contribution in [0.2, 0.25) is 0 Å². The molecule has 0 atom stereocenters. The molecule has 3 nitrogen and oxygen atoms in total. The van der Waals surface area contributed by atoms with E-state index in [9.17, 15) is 5.11 Å². The number of hydrogen-bond acceptors (Lipinski definition) is 1. The van der Waals surface area contributed by atoms with Crippen LogP contribution in [0.3, 0.4) is 0 Å². The first-order chi connectivity index (χ1) is 14.2. The molecule has 4 aromatic carbocycles. The standard InChI is InChI=1S/C26H20N2O/c1-27-15-20(16-9-5-7-13-21(16)27)24-23-19-12-6-8-14-22(19)28(2)25(23)17-10-3-4-11-18(17)26(24)29/h3-15,29H,1-2H3. The lowest BCUT2D eigenvalue weighted by Gasteiger charge is -2.12. The summed E-state index contributed by atoms with van der Waals surface area (Å²) in [5.41, 5.74) is 5.45. The molecule has 2 aromatic heterocycles. The Labute approximate surface area is 168 Å². The van der Waals surface area contributed by atoms with Gasteiger partial charge in [0.15, 0.2) is 0 Å². The van der Waals surface area contributed by atoms with Crippen LogP contribution < -0.4 is 0 Å². The molecule has 1 N–H and O–H groups in total. The summed E-state index contributed by atoms with van der Waals surface area (Å²) in [6, 6.07) is 25.0. The maximum atomic E-state index is 11.5. The SMILES string of the molecule is Cn1cc(-c2c(O)c3ccccc3c3c2c2ccccc2n3C)c2ccccc21. The maximum absolute atomic E-state index is 11.5. The van der Waals surface area contributed by atoms with E-state index in [0.29, 0.717) is 5.75 Å². The molecule has 0 radical (unpaired) electrons. The molecule has 0 aliphatic heterocycles. The van der Waals surface area contributed by atoms with Crippen molar-refractivity contribution in [3.63, 3.8) is 0 Å². The van der Waals surface area contributed by atoms with Crippen molar-refractivity contribution in [2.45, 2.75) is 0 Å². The Kier molecular flexibility index (Phi) is 3.16. The van der Waals surface area contributed by atoms with Crippen molar-refractivity contribution in [2.24, 2.45) is 14.1 Å². The lowest BCUT2D eigenvalue weighted by atomic mass is 9.93. The third-order valence-electron chi connectivity index (χ3n) is 6.20. The molecular weight excluding hydrogens is 356 g/mol. The number of para-hydroxylation sites is 2. The van der Waals surface area contributed by atoms with Gasteiger partial charge in [0, 0.05) is 69.4 Å². The number of aromatic nitrogens is 2. The first-order valence-electron chi connectivity index (χ1n) is 9.82. The normalized spacial score (nSPS) is 11.9. The lowest BCUT2D eigenvalue weighted by Crippen LogP contribution is -1.90. The van der Waals surface area contributed by atoms with E-state index in [0.717, 1.165) is 49.1 Å². The summed E-state index contributed by atoms with van der Waals surface area (Å²) in [6.07, 6.45) is 2.13. The molecule has 0 saturated heterocycles. The van der Waals surface area contributed by atoms with E-state index in [4.69, 9.17) is 0 Å². The predicted molar refractivity (Wildman–Crippen MR) is 122 cm³/mol. The third kappa shape index (κ3) is 2.02. The van der Waals surface area contributed by atoms with E-state index in [-0.39, 0.29) is 0 Å². The highest BCUT2D eigenvalue weighted by molar-refractivity contribution is 6.27. The molecule has 0 spiro atoms. The molecule has 0 aliphatic carbocycles. The smallest absolute Gasteiger partial charge is 0.132 e. The number of phenols is 1. The number of benzene rings is 4. The summed E-state index contributed by atoms with van der Waals surface area (Å²) in [5, 5.41) is 16.9. The largest absolute Gasteiger partial charge is 0.507 e. The van der Waals surface area contributed by atoms with Crippen molar-refractivity contribution in [2.75, 3.05) is 0 Å². The van der Waals surface area contributed by atoms with E-state index in [2.05, 4.69) is 84.0 Å². The van der Waals surface area contributed by atoms with Crippen LogP contribution in [0.15, 0.2) is 79.0 Å². The minimum Gasteiger partial charge on any atom is -0.507 e. The molecule has 6 rings (SSSR count). The Morgan fingerprint density at radius 1 is 0.655 bits per heavy atom. The molecule has 0 amide bonds. The average molecular weight is 376 g/mol. The van der Waals surface area contributed by atoms with Gasteiger partial charge >= 0.3 is 0 Å². The first kappa shape index (κ1) is 16.3. The van der Waals surface area contributed by atoms with Gasteiger partial charge < -0.3 is 14.2 Å². The van der Waals surface area contributed by atoms with Gasteiger partial charge in [0.05, 0.1) is 5.52 Å². The van der Waals surface area contributed by atoms with Crippen LogP contribution >= 0.6 is 0 Å². The fourth-order valence-electron chi connectivity index (χ4n) is 4.91. The zero-order valence-electron chi connectivity index (χ0n) is 16.3. The van der Waals surface area contributed by atoms with Crippen molar-refractivity contribution in [3.05, 3.63) is 79.0 Å². The van der Waals surface area contributed by atoms with Crippen LogP contribution in [0.4, 0.5) is 0 Å². The molecule has 0 fully saturated rings. The quantitative estimate of drug-likeness (QED) is 0.356. The third-order valence-corrected chi connectivity index (χ3v) is 6.20. The second-order valence-electron chi connectivity index (χ2n) is 7.74. The molecule has 0 aliphatic rings. The molecule has 0 unspecified atom stereocenters. The molecule has 0 saturated carbocycles. The van der Waals surface area contributed by atoms with Crippen LogP contribution in [0, 0.1) is 0 Å². The molecule has 0 bridgehead atoms. The average Bonchev–Trinajstić information content (AvgIpc) is 3.24. The molecular formula is C26H20N2O. The van der Waals surface area contributed by atoms with E-state index in [1.54, 1.807) is 0 Å². The molecule has 2 heterocycles. The van der Waals surface area contributed by atoms with Crippen LogP contribution in [-0.2, 0) is 14.1 Å². The van der Waals surface area contributed by atoms with Crippen molar-refractivity contribution >= 4 is 43.5 Å². The van der Waals surface area contributed by atoms with Gasteiger partial charge in [0.1, 0.15) is 5.75 Å². The minimum absolute atomic E-state index is 0.348. The number of phenolic OH excluding ortho intramolecular Hbond substituents is 1. The van der Waals surface area contributed by atoms with Crippen molar-refractivity contribution in [1.82, 2.24) is 9.13 Å². The van der Waals surface area contributed by atoms with Crippen molar-refractivity contribution in [3.8, 4) is 16.9 Å². The monoisotopic (exact) mass is 376 g/mol. The Morgan fingerprint density at radius 3 is 2.00 bits per heavy atom. The summed E-state index contributed by atoms with van der Waals surface area (Å²) >= 11 is 0. The van der Waals surface area contributed by atoms with Gasteiger partial charge in [0.2, 0.25) is 0 Å². The Bertz CT molecular complexity index is 1580. The Morgan fingerprint density at radius 2 is 1.24 bits per heavy atom. The maximum Gasteiger partial charge on any atom is 0.132 e. The molecule has 140 valence electrons. The van der Waals surface area contributed by atoms with Crippen LogP contribution in [0.5, 0.6) is 5.75 Å². The van der Waals surface area contributed by atoms with Gasteiger partial charge in [-0.25, -0.2) is 0 Å². The lowest BCUT2D eigenvalue weighted by molar-refractivity contribution is 0.484. The number of hydrogen-bond donors (Lipinski definition) is 1. The number of rotatable bonds is 1. The number of fused-ring (bicyclic) bond motifs is 6. The second-order valence-corrected chi connectivity index (χ2v) is 7.74. The highest BCUT2D eigenvalue weighted by atomic mass is 16.3. The molecule has 3 heteroatoms. The fraction of sp³-hybridized carbons (Fsp3) is 0.0769. The van der Waals surface area contributed by atoms with Crippen LogP contribution in [0.25, 0.3) is 54.6 Å². The van der Waals surface area contributed by atoms with E-state index >= 15 is 0 Å². The Hall–Kier alpha value is -3.72. The first-order valence-corrected chi connectivity index (χ1v) is 9.82. The Balaban J connectivity index is 1.95. The van der Waals surface area contributed by atoms with Gasteiger partial charge in [0.25, 0.3) is 0 Å². The highest BCUT2D eigenvalue weighted by Crippen LogP contribution is 2.48. The zero-order valence-corrected chi connectivity index (χ0v) is 16.3. The molecule has 29 heavy (non-hydrogen) atoms. The van der Waals surface area contributed by atoms with Gasteiger partial charge in [-0.2, -0.15) is 0 Å². The fourth-order valence-corrected chi connectivity index (χ4v) is 4.91. The predicted octanol–water partition coefficient (Wildman–Crippen LogP) is 6.35.